The Labute approximate surface area is 148 Å². The molecule has 0 bridgehead atoms. The molecule has 0 aliphatic rings. The van der Waals surface area contributed by atoms with Crippen LogP contribution in [0, 0.1) is 0 Å². The maximum atomic E-state index is 12.4. The summed E-state index contributed by atoms with van der Waals surface area (Å²) in [6.07, 6.45) is -1.17. The first-order valence-electron chi connectivity index (χ1n) is 7.24. The van der Waals surface area contributed by atoms with Gasteiger partial charge in [0.2, 0.25) is 5.58 Å². The zero-order valence-electron chi connectivity index (χ0n) is 12.5. The second-order valence-electron chi connectivity index (χ2n) is 5.35. The molecule has 0 saturated carbocycles. The highest BCUT2D eigenvalue weighted by Crippen LogP contribution is 2.29. The van der Waals surface area contributed by atoms with Crippen molar-refractivity contribution in [2.75, 3.05) is 5.32 Å². The van der Waals surface area contributed by atoms with Crippen molar-refractivity contribution >= 4 is 49.8 Å². The van der Waals surface area contributed by atoms with Crippen LogP contribution in [0.5, 0.6) is 0 Å². The van der Waals surface area contributed by atoms with Crippen molar-refractivity contribution in [3.8, 4) is 11.4 Å². The number of nitrogens with one attached hydrogen (secondary N) is 2. The largest absolute Gasteiger partial charge is 0.465 e. The number of amides is 1. The summed E-state index contributed by atoms with van der Waals surface area (Å²) in [5, 5.41) is 11.8. The van der Waals surface area contributed by atoms with Gasteiger partial charge >= 0.3 is 6.09 Å². The van der Waals surface area contributed by atoms with E-state index in [-0.39, 0.29) is 5.58 Å². The first kappa shape index (κ1) is 15.4. The number of aromatic amines is 1. The van der Waals surface area contributed by atoms with Crippen molar-refractivity contribution in [3.63, 3.8) is 0 Å². The number of rotatable bonds is 2. The number of hydrogen-bond donors (Lipinski definition) is 3. The minimum atomic E-state index is -1.17. The smallest absolute Gasteiger partial charge is 0.409 e. The zero-order chi connectivity index (χ0) is 17.6. The van der Waals surface area contributed by atoms with E-state index in [0.717, 1.165) is 9.86 Å². The van der Waals surface area contributed by atoms with Gasteiger partial charge in [0.15, 0.2) is 0 Å². The predicted molar refractivity (Wildman–Crippen MR) is 96.9 cm³/mol. The first-order chi connectivity index (χ1) is 12.0. The number of anilines is 1. The molecule has 0 unspecified atom stereocenters. The summed E-state index contributed by atoms with van der Waals surface area (Å²) in [6, 6.07) is 12.0. The Morgan fingerprint density at radius 2 is 2.08 bits per heavy atom. The summed E-state index contributed by atoms with van der Waals surface area (Å²) in [5.74, 6) is 0.328. The maximum Gasteiger partial charge on any atom is 0.409 e. The summed E-state index contributed by atoms with van der Waals surface area (Å²) < 4.78 is 6.43. The van der Waals surface area contributed by atoms with Crippen molar-refractivity contribution in [1.82, 2.24) is 9.97 Å². The molecule has 3 N–H and O–H groups in total. The van der Waals surface area contributed by atoms with E-state index in [1.165, 1.54) is 0 Å². The minimum Gasteiger partial charge on any atom is -0.465 e. The molecule has 0 atom stereocenters. The van der Waals surface area contributed by atoms with Gasteiger partial charge in [-0.25, -0.2) is 9.78 Å². The van der Waals surface area contributed by atoms with Crippen molar-refractivity contribution in [1.29, 1.82) is 0 Å². The van der Waals surface area contributed by atoms with Crippen LogP contribution in [0.15, 0.2) is 56.1 Å². The normalized spacial score (nSPS) is 11.1. The summed E-state index contributed by atoms with van der Waals surface area (Å²) >= 11 is 3.40. The lowest BCUT2D eigenvalue weighted by Crippen LogP contribution is -2.09. The van der Waals surface area contributed by atoms with E-state index < -0.39 is 11.7 Å². The lowest BCUT2D eigenvalue weighted by atomic mass is 10.2. The van der Waals surface area contributed by atoms with Crippen LogP contribution in [-0.4, -0.2) is 21.2 Å². The molecular weight excluding hydrogens is 390 g/mol. The fourth-order valence-corrected chi connectivity index (χ4v) is 2.99. The Morgan fingerprint density at radius 1 is 1.24 bits per heavy atom. The van der Waals surface area contributed by atoms with Crippen LogP contribution in [0.2, 0.25) is 0 Å². The van der Waals surface area contributed by atoms with Crippen LogP contribution in [0.25, 0.3) is 33.5 Å². The van der Waals surface area contributed by atoms with Gasteiger partial charge in [-0.1, -0.05) is 28.1 Å². The highest BCUT2D eigenvalue weighted by molar-refractivity contribution is 9.10. The Hall–Kier alpha value is -3.13. The molecule has 2 aromatic heterocycles. The number of carboxylic acid groups (broad SMARTS) is 1. The van der Waals surface area contributed by atoms with Gasteiger partial charge in [0, 0.05) is 21.1 Å². The van der Waals surface area contributed by atoms with Crippen molar-refractivity contribution in [3.05, 3.63) is 57.3 Å². The van der Waals surface area contributed by atoms with Crippen molar-refractivity contribution < 1.29 is 14.3 Å². The fourth-order valence-electron chi connectivity index (χ4n) is 2.63. The number of benzene rings is 2. The predicted octanol–water partition coefficient (Wildman–Crippen LogP) is 4.19. The van der Waals surface area contributed by atoms with E-state index in [0.29, 0.717) is 28.2 Å². The van der Waals surface area contributed by atoms with Gasteiger partial charge in [0.25, 0.3) is 5.56 Å². The Kier molecular flexibility index (Phi) is 3.54. The fraction of sp³-hybridized carbons (Fsp3) is 0. The molecule has 0 aliphatic carbocycles. The molecule has 0 radical (unpaired) electrons. The Balaban J connectivity index is 1.94. The topological polar surface area (TPSA) is 108 Å². The lowest BCUT2D eigenvalue weighted by molar-refractivity contribution is 0.210. The van der Waals surface area contributed by atoms with Crippen molar-refractivity contribution in [2.45, 2.75) is 0 Å². The molecule has 0 fully saturated rings. The van der Waals surface area contributed by atoms with Crippen molar-refractivity contribution in [2.24, 2.45) is 0 Å². The van der Waals surface area contributed by atoms with Gasteiger partial charge in [-0.3, -0.25) is 10.1 Å². The third kappa shape index (κ3) is 2.76. The SMILES string of the molecule is O=C(O)Nc1cccc(-c2nc3c(oc4ccc(Br)cc43)c(=O)[nH]2)c1. The van der Waals surface area contributed by atoms with E-state index >= 15 is 0 Å². The van der Waals surface area contributed by atoms with Crippen LogP contribution < -0.4 is 10.9 Å². The van der Waals surface area contributed by atoms with Gasteiger partial charge in [-0.05, 0) is 30.3 Å². The number of nitrogens with zero attached hydrogens (tertiary/aromatic N) is 1. The highest BCUT2D eigenvalue weighted by Gasteiger charge is 2.14. The minimum absolute atomic E-state index is 0.150. The van der Waals surface area contributed by atoms with E-state index in [1.807, 2.05) is 12.1 Å². The molecule has 7 nitrogen and oxygen atoms in total. The third-order valence-electron chi connectivity index (χ3n) is 3.67. The second kappa shape index (κ2) is 5.75. The summed E-state index contributed by atoms with van der Waals surface area (Å²) in [7, 11) is 0. The number of carbonyl (C=O) groups is 1. The number of furan rings is 1. The van der Waals surface area contributed by atoms with Crippen LogP contribution in [0.1, 0.15) is 0 Å². The monoisotopic (exact) mass is 399 g/mol. The maximum absolute atomic E-state index is 12.4. The number of aromatic nitrogens is 2. The summed E-state index contributed by atoms with van der Waals surface area (Å²) in [6.45, 7) is 0. The van der Waals surface area contributed by atoms with Crippen LogP contribution >= 0.6 is 15.9 Å². The molecule has 2 aromatic carbocycles. The van der Waals surface area contributed by atoms with Gasteiger partial charge in [-0.15, -0.1) is 0 Å². The van der Waals surface area contributed by atoms with E-state index in [1.54, 1.807) is 30.3 Å². The Bertz CT molecular complexity index is 1200. The number of halogens is 1. The molecule has 4 aromatic rings. The molecular formula is C17H10BrN3O4. The molecule has 2 heterocycles. The van der Waals surface area contributed by atoms with E-state index in [4.69, 9.17) is 9.52 Å². The standard InChI is InChI=1S/C17H10BrN3O4/c18-9-4-5-12-11(7-9)13-14(25-12)16(22)21-15(20-13)8-2-1-3-10(6-8)19-17(23)24/h1-7,19H,(H,23,24)(H,20,21,22). The molecule has 1 amide bonds. The molecule has 0 saturated heterocycles. The molecule has 0 spiro atoms. The quantitative estimate of drug-likeness (QED) is 0.468. The van der Waals surface area contributed by atoms with Gasteiger partial charge < -0.3 is 14.5 Å². The molecule has 4 rings (SSSR count). The average molecular weight is 400 g/mol. The number of hydrogen-bond acceptors (Lipinski definition) is 4. The lowest BCUT2D eigenvalue weighted by Gasteiger charge is -2.04. The first-order valence-corrected chi connectivity index (χ1v) is 8.03. The molecule has 8 heteroatoms. The highest BCUT2D eigenvalue weighted by atomic mass is 79.9. The molecule has 25 heavy (non-hydrogen) atoms. The van der Waals surface area contributed by atoms with Crippen LogP contribution in [0.3, 0.4) is 0 Å². The third-order valence-corrected chi connectivity index (χ3v) is 4.17. The molecule has 124 valence electrons. The summed E-state index contributed by atoms with van der Waals surface area (Å²) in [5.41, 5.74) is 1.73. The molecule has 0 aliphatic heterocycles. The number of fused-ring (bicyclic) bond motifs is 3. The summed E-state index contributed by atoms with van der Waals surface area (Å²) in [4.78, 5) is 30.4. The Morgan fingerprint density at radius 3 is 2.88 bits per heavy atom. The van der Waals surface area contributed by atoms with E-state index in [2.05, 4.69) is 31.2 Å². The van der Waals surface area contributed by atoms with Crippen LogP contribution in [-0.2, 0) is 0 Å². The second-order valence-corrected chi connectivity index (χ2v) is 6.26. The average Bonchev–Trinajstić information content (AvgIpc) is 2.93. The van der Waals surface area contributed by atoms with Gasteiger partial charge in [0.05, 0.1) is 0 Å². The van der Waals surface area contributed by atoms with E-state index in [9.17, 15) is 9.59 Å². The zero-order valence-corrected chi connectivity index (χ0v) is 14.1. The van der Waals surface area contributed by atoms with Gasteiger partial charge in [0.1, 0.15) is 16.9 Å². The van der Waals surface area contributed by atoms with Crippen LogP contribution in [0.4, 0.5) is 10.5 Å². The number of H-pyrrole nitrogens is 1. The van der Waals surface area contributed by atoms with Gasteiger partial charge in [-0.2, -0.15) is 0 Å².